The Kier molecular flexibility index (Phi) is 6.69. The zero-order valence-corrected chi connectivity index (χ0v) is 16.7. The van der Waals surface area contributed by atoms with E-state index in [1.807, 2.05) is 42.5 Å². The van der Waals surface area contributed by atoms with Gasteiger partial charge in [-0.1, -0.05) is 44.2 Å². The van der Waals surface area contributed by atoms with Crippen LogP contribution in [0.25, 0.3) is 0 Å². The van der Waals surface area contributed by atoms with E-state index in [0.29, 0.717) is 30.1 Å². The first-order chi connectivity index (χ1) is 13.5. The highest BCUT2D eigenvalue weighted by molar-refractivity contribution is 6.02. The van der Waals surface area contributed by atoms with Crippen LogP contribution in [0.1, 0.15) is 42.6 Å². The van der Waals surface area contributed by atoms with Crippen LogP contribution in [-0.4, -0.2) is 31.4 Å². The summed E-state index contributed by atoms with van der Waals surface area (Å²) in [5.74, 6) is 0.205. The standard InChI is InChI=1S/C23H29N3O2/c1-17(2)16-24-23(28)20-15-19(10-11-21(20)26-12-6-7-13-26)25-22(27)14-18-8-4-3-5-9-18/h3-5,8-11,15,17H,6-7,12-14,16H2,1-2H3,(H,24,28)(H,25,27). The maximum atomic E-state index is 12.8. The van der Waals surface area contributed by atoms with E-state index in [-0.39, 0.29) is 11.8 Å². The van der Waals surface area contributed by atoms with Gasteiger partial charge in [0.2, 0.25) is 5.91 Å². The van der Waals surface area contributed by atoms with Crippen LogP contribution < -0.4 is 15.5 Å². The summed E-state index contributed by atoms with van der Waals surface area (Å²) in [5, 5.41) is 5.94. The van der Waals surface area contributed by atoms with E-state index in [9.17, 15) is 9.59 Å². The minimum absolute atomic E-state index is 0.0882. The summed E-state index contributed by atoms with van der Waals surface area (Å²) in [4.78, 5) is 27.5. The normalized spacial score (nSPS) is 13.6. The van der Waals surface area contributed by atoms with Crippen molar-refractivity contribution in [2.24, 2.45) is 5.92 Å². The number of carbonyl (C=O) groups is 2. The van der Waals surface area contributed by atoms with Crippen molar-refractivity contribution >= 4 is 23.2 Å². The molecule has 0 unspecified atom stereocenters. The van der Waals surface area contributed by atoms with E-state index in [1.165, 1.54) is 0 Å². The SMILES string of the molecule is CC(C)CNC(=O)c1cc(NC(=O)Cc2ccccc2)ccc1N1CCCC1. The third-order valence-electron chi connectivity index (χ3n) is 4.85. The summed E-state index contributed by atoms with van der Waals surface area (Å²) in [6, 6.07) is 15.3. The molecule has 1 fully saturated rings. The third kappa shape index (κ3) is 5.35. The first-order valence-corrected chi connectivity index (χ1v) is 10.0. The summed E-state index contributed by atoms with van der Waals surface area (Å²) in [5.41, 5.74) is 3.18. The molecule has 0 radical (unpaired) electrons. The molecule has 28 heavy (non-hydrogen) atoms. The minimum Gasteiger partial charge on any atom is -0.371 e. The number of amides is 2. The van der Waals surface area contributed by atoms with E-state index < -0.39 is 0 Å². The fourth-order valence-electron chi connectivity index (χ4n) is 3.41. The Morgan fingerprint density at radius 1 is 1.04 bits per heavy atom. The molecule has 2 aromatic carbocycles. The van der Waals surface area contributed by atoms with Crippen molar-refractivity contribution in [3.63, 3.8) is 0 Å². The monoisotopic (exact) mass is 379 g/mol. The Morgan fingerprint density at radius 3 is 2.43 bits per heavy atom. The average molecular weight is 380 g/mol. The van der Waals surface area contributed by atoms with Gasteiger partial charge in [0.05, 0.1) is 12.0 Å². The molecule has 0 spiro atoms. The molecule has 148 valence electrons. The molecule has 0 saturated carbocycles. The van der Waals surface area contributed by atoms with Crippen LogP contribution in [0.4, 0.5) is 11.4 Å². The summed E-state index contributed by atoms with van der Waals surface area (Å²) >= 11 is 0. The van der Waals surface area contributed by atoms with Gasteiger partial charge in [0, 0.05) is 31.0 Å². The molecule has 1 heterocycles. The van der Waals surface area contributed by atoms with Crippen LogP contribution in [0.2, 0.25) is 0 Å². The molecule has 0 bridgehead atoms. The van der Waals surface area contributed by atoms with Crippen molar-refractivity contribution in [1.82, 2.24) is 5.32 Å². The minimum atomic E-state index is -0.0892. The molecule has 5 heteroatoms. The van der Waals surface area contributed by atoms with Gasteiger partial charge in [-0.25, -0.2) is 0 Å². The van der Waals surface area contributed by atoms with Crippen molar-refractivity contribution < 1.29 is 9.59 Å². The van der Waals surface area contributed by atoms with Gasteiger partial charge in [-0.2, -0.15) is 0 Å². The van der Waals surface area contributed by atoms with E-state index in [0.717, 1.165) is 37.2 Å². The van der Waals surface area contributed by atoms with E-state index >= 15 is 0 Å². The molecule has 0 aliphatic carbocycles. The first kappa shape index (κ1) is 19.9. The average Bonchev–Trinajstić information content (AvgIpc) is 3.21. The Labute approximate surface area is 167 Å². The van der Waals surface area contributed by atoms with Gasteiger partial charge in [-0.15, -0.1) is 0 Å². The smallest absolute Gasteiger partial charge is 0.253 e. The molecule has 0 aromatic heterocycles. The number of carbonyl (C=O) groups excluding carboxylic acids is 2. The van der Waals surface area contributed by atoms with Gasteiger partial charge >= 0.3 is 0 Å². The number of nitrogens with zero attached hydrogens (tertiary/aromatic N) is 1. The Morgan fingerprint density at radius 2 is 1.75 bits per heavy atom. The van der Waals surface area contributed by atoms with Crippen molar-refractivity contribution in [2.75, 3.05) is 29.9 Å². The van der Waals surface area contributed by atoms with Crippen molar-refractivity contribution in [1.29, 1.82) is 0 Å². The second-order valence-electron chi connectivity index (χ2n) is 7.74. The van der Waals surface area contributed by atoms with Crippen LogP contribution >= 0.6 is 0 Å². The summed E-state index contributed by atoms with van der Waals surface area (Å²) in [7, 11) is 0. The van der Waals surface area contributed by atoms with E-state index in [1.54, 1.807) is 6.07 Å². The van der Waals surface area contributed by atoms with Crippen LogP contribution in [0, 0.1) is 5.92 Å². The zero-order valence-electron chi connectivity index (χ0n) is 16.7. The highest BCUT2D eigenvalue weighted by Gasteiger charge is 2.20. The van der Waals surface area contributed by atoms with Gasteiger partial charge in [0.15, 0.2) is 0 Å². The van der Waals surface area contributed by atoms with Crippen molar-refractivity contribution in [3.8, 4) is 0 Å². The van der Waals surface area contributed by atoms with Gasteiger partial charge in [0.1, 0.15) is 0 Å². The molecule has 1 aliphatic rings. The molecule has 1 saturated heterocycles. The van der Waals surface area contributed by atoms with Gasteiger partial charge in [-0.05, 0) is 42.5 Å². The maximum Gasteiger partial charge on any atom is 0.253 e. The fourth-order valence-corrected chi connectivity index (χ4v) is 3.41. The zero-order chi connectivity index (χ0) is 19.9. The van der Waals surface area contributed by atoms with Gasteiger partial charge in [-0.3, -0.25) is 9.59 Å². The number of hydrogen-bond acceptors (Lipinski definition) is 3. The first-order valence-electron chi connectivity index (χ1n) is 10.0. The highest BCUT2D eigenvalue weighted by Crippen LogP contribution is 2.27. The van der Waals surface area contributed by atoms with Crippen LogP contribution in [0.5, 0.6) is 0 Å². The highest BCUT2D eigenvalue weighted by atomic mass is 16.2. The second kappa shape index (κ2) is 9.40. The maximum absolute atomic E-state index is 12.8. The number of nitrogens with one attached hydrogen (secondary N) is 2. The second-order valence-corrected chi connectivity index (χ2v) is 7.74. The fraction of sp³-hybridized carbons (Fsp3) is 0.391. The number of benzene rings is 2. The summed E-state index contributed by atoms with van der Waals surface area (Å²) in [6.07, 6.45) is 2.59. The van der Waals surface area contributed by atoms with Crippen LogP contribution in [-0.2, 0) is 11.2 Å². The lowest BCUT2D eigenvalue weighted by Crippen LogP contribution is -2.30. The molecule has 2 aromatic rings. The molecule has 5 nitrogen and oxygen atoms in total. The van der Waals surface area contributed by atoms with Crippen LogP contribution in [0.3, 0.4) is 0 Å². The van der Waals surface area contributed by atoms with Crippen LogP contribution in [0.15, 0.2) is 48.5 Å². The lowest BCUT2D eigenvalue weighted by molar-refractivity contribution is -0.115. The quantitative estimate of drug-likeness (QED) is 0.768. The number of hydrogen-bond donors (Lipinski definition) is 2. The lowest BCUT2D eigenvalue weighted by Gasteiger charge is -2.22. The van der Waals surface area contributed by atoms with Gasteiger partial charge < -0.3 is 15.5 Å². The van der Waals surface area contributed by atoms with Gasteiger partial charge in [0.25, 0.3) is 5.91 Å². The third-order valence-corrected chi connectivity index (χ3v) is 4.85. The van der Waals surface area contributed by atoms with E-state index in [4.69, 9.17) is 0 Å². The molecular formula is C23H29N3O2. The molecule has 1 aliphatic heterocycles. The Balaban J connectivity index is 1.77. The lowest BCUT2D eigenvalue weighted by atomic mass is 10.1. The number of rotatable bonds is 7. The Bertz CT molecular complexity index is 812. The summed E-state index contributed by atoms with van der Waals surface area (Å²) < 4.78 is 0. The number of anilines is 2. The molecule has 3 rings (SSSR count). The van der Waals surface area contributed by atoms with Crippen molar-refractivity contribution in [3.05, 3.63) is 59.7 Å². The van der Waals surface area contributed by atoms with E-state index in [2.05, 4.69) is 29.4 Å². The molecule has 2 amide bonds. The largest absolute Gasteiger partial charge is 0.371 e. The van der Waals surface area contributed by atoms with Crippen molar-refractivity contribution in [2.45, 2.75) is 33.1 Å². The molecule has 2 N–H and O–H groups in total. The Hall–Kier alpha value is -2.82. The predicted molar refractivity (Wildman–Crippen MR) is 114 cm³/mol. The summed E-state index contributed by atoms with van der Waals surface area (Å²) in [6.45, 7) is 6.70. The molecular weight excluding hydrogens is 350 g/mol. The molecule has 0 atom stereocenters. The topological polar surface area (TPSA) is 61.4 Å². The predicted octanol–water partition coefficient (Wildman–Crippen LogP) is 3.85.